The fourth-order valence-electron chi connectivity index (χ4n) is 0.755. The molecule has 0 aliphatic carbocycles. The molecule has 6 heteroatoms. The number of benzene rings is 1. The average Bonchev–Trinajstić information content (AvgIpc) is 2.02. The molecule has 14 heavy (non-hydrogen) atoms. The van der Waals surface area contributed by atoms with Gasteiger partial charge in [-0.1, -0.05) is 0 Å². The van der Waals surface area contributed by atoms with Crippen molar-refractivity contribution in [3.63, 3.8) is 0 Å². The van der Waals surface area contributed by atoms with E-state index >= 15 is 0 Å². The molecule has 0 spiro atoms. The van der Waals surface area contributed by atoms with Gasteiger partial charge in [0.2, 0.25) is 0 Å². The maximum Gasteiger partial charge on any atom is 0.573 e. The number of hydrogen-bond donors (Lipinski definition) is 0. The van der Waals surface area contributed by atoms with Crippen LogP contribution in [-0.2, 0) is 0 Å². The second kappa shape index (κ2) is 3.81. The summed E-state index contributed by atoms with van der Waals surface area (Å²) in [5.74, 6) is -0.568. The van der Waals surface area contributed by atoms with Crippen LogP contribution in [-0.4, -0.2) is 6.36 Å². The molecular formula is C8H4F5O. The molecule has 0 atom stereocenters. The predicted octanol–water partition coefficient (Wildman–Crippen LogP) is 3.32. The summed E-state index contributed by atoms with van der Waals surface area (Å²) in [7, 11) is 0. The molecular weight excluding hydrogens is 207 g/mol. The lowest BCUT2D eigenvalue weighted by Gasteiger charge is -2.08. The van der Waals surface area contributed by atoms with Gasteiger partial charge in [0.15, 0.2) is 0 Å². The van der Waals surface area contributed by atoms with Crippen molar-refractivity contribution in [3.8, 4) is 5.75 Å². The first-order valence-electron chi connectivity index (χ1n) is 3.44. The van der Waals surface area contributed by atoms with Crippen molar-refractivity contribution in [2.75, 3.05) is 0 Å². The van der Waals surface area contributed by atoms with Crippen molar-refractivity contribution in [2.45, 2.75) is 12.8 Å². The van der Waals surface area contributed by atoms with E-state index in [1.54, 1.807) is 0 Å². The topological polar surface area (TPSA) is 9.23 Å². The van der Waals surface area contributed by atoms with Crippen LogP contribution in [0.5, 0.6) is 5.75 Å². The quantitative estimate of drug-likeness (QED) is 0.681. The lowest BCUT2D eigenvalue weighted by molar-refractivity contribution is -0.274. The molecule has 0 aromatic heterocycles. The Morgan fingerprint density at radius 3 is 2.21 bits per heavy atom. The first kappa shape index (κ1) is 10.7. The molecule has 1 radical (unpaired) electrons. The summed E-state index contributed by atoms with van der Waals surface area (Å²) in [6.07, 6.45) is -7.57. The highest BCUT2D eigenvalue weighted by molar-refractivity contribution is 5.26. The fraction of sp³-hybridized carbons (Fsp3) is 0.250. The fourth-order valence-corrected chi connectivity index (χ4v) is 0.755. The van der Waals surface area contributed by atoms with E-state index in [1.165, 1.54) is 0 Å². The molecule has 1 nitrogen and oxygen atoms in total. The van der Waals surface area contributed by atoms with Gasteiger partial charge < -0.3 is 4.74 Å². The van der Waals surface area contributed by atoms with Crippen molar-refractivity contribution in [3.05, 3.63) is 29.8 Å². The Bertz CT molecular complexity index is 290. The summed E-state index contributed by atoms with van der Waals surface area (Å²) in [4.78, 5) is 0. The van der Waals surface area contributed by atoms with Gasteiger partial charge in [-0.2, -0.15) is 0 Å². The zero-order valence-electron chi connectivity index (χ0n) is 6.61. The molecule has 0 fully saturated rings. The third kappa shape index (κ3) is 3.20. The molecule has 1 rings (SSSR count). The smallest absolute Gasteiger partial charge is 0.406 e. The van der Waals surface area contributed by atoms with Gasteiger partial charge in [-0.25, -0.2) is 8.78 Å². The Hall–Kier alpha value is -1.33. The molecule has 1 aromatic rings. The zero-order valence-corrected chi connectivity index (χ0v) is 6.61. The summed E-state index contributed by atoms with van der Waals surface area (Å²) in [5.41, 5.74) is -0.473. The van der Waals surface area contributed by atoms with Crippen molar-refractivity contribution < 1.29 is 26.7 Å². The minimum Gasteiger partial charge on any atom is -0.406 e. The molecule has 0 heterocycles. The molecule has 0 aliphatic heterocycles. The van der Waals surface area contributed by atoms with Crippen molar-refractivity contribution in [1.29, 1.82) is 0 Å². The minimum absolute atomic E-state index is 0.473. The number of ether oxygens (including phenoxy) is 1. The van der Waals surface area contributed by atoms with E-state index in [9.17, 15) is 22.0 Å². The van der Waals surface area contributed by atoms with E-state index in [1.807, 2.05) is 6.07 Å². The van der Waals surface area contributed by atoms with E-state index in [4.69, 9.17) is 0 Å². The van der Waals surface area contributed by atoms with Crippen LogP contribution in [0.2, 0.25) is 0 Å². The van der Waals surface area contributed by atoms with Gasteiger partial charge in [0.05, 0.1) is 0 Å². The zero-order chi connectivity index (χ0) is 10.8. The lowest BCUT2D eigenvalue weighted by Crippen LogP contribution is -2.17. The van der Waals surface area contributed by atoms with Crippen molar-refractivity contribution in [2.24, 2.45) is 0 Å². The van der Waals surface area contributed by atoms with E-state index in [0.717, 1.165) is 18.2 Å². The van der Waals surface area contributed by atoms with Crippen LogP contribution < -0.4 is 4.74 Å². The van der Waals surface area contributed by atoms with Gasteiger partial charge in [0.25, 0.3) is 6.43 Å². The highest BCUT2D eigenvalue weighted by atomic mass is 19.4. The summed E-state index contributed by atoms with van der Waals surface area (Å²) >= 11 is 0. The monoisotopic (exact) mass is 211 g/mol. The molecule has 0 bridgehead atoms. The standard InChI is InChI=1S/C8H4F5O/c9-7(10)5-1-3-6(4-2-5)14-8(11,12)13/h1,3-4,7H. The van der Waals surface area contributed by atoms with Gasteiger partial charge >= 0.3 is 6.36 Å². The third-order valence-electron chi connectivity index (χ3n) is 1.28. The molecule has 0 aliphatic rings. The Balaban J connectivity index is 2.74. The maximum atomic E-state index is 11.9. The Morgan fingerprint density at radius 1 is 1.21 bits per heavy atom. The van der Waals surface area contributed by atoms with Crippen LogP contribution in [0.1, 0.15) is 12.0 Å². The number of alkyl halides is 5. The second-order valence-electron chi connectivity index (χ2n) is 2.33. The maximum absolute atomic E-state index is 11.9. The van der Waals surface area contributed by atoms with Crippen molar-refractivity contribution in [1.82, 2.24) is 0 Å². The first-order valence-corrected chi connectivity index (χ1v) is 3.44. The Morgan fingerprint density at radius 2 is 1.86 bits per heavy atom. The van der Waals surface area contributed by atoms with Crippen LogP contribution in [0.15, 0.2) is 18.2 Å². The van der Waals surface area contributed by atoms with Crippen LogP contribution in [0.3, 0.4) is 0 Å². The van der Waals surface area contributed by atoms with Gasteiger partial charge in [0.1, 0.15) is 5.75 Å². The Kier molecular flexibility index (Phi) is 2.93. The van der Waals surface area contributed by atoms with Gasteiger partial charge in [0, 0.05) is 5.56 Å². The highest BCUT2D eigenvalue weighted by Gasteiger charge is 2.31. The predicted molar refractivity (Wildman–Crippen MR) is 36.9 cm³/mol. The SMILES string of the molecule is FC(F)c1[c]cc(OC(F)(F)F)cc1. The second-order valence-corrected chi connectivity index (χ2v) is 2.33. The third-order valence-corrected chi connectivity index (χ3v) is 1.28. The van der Waals surface area contributed by atoms with Crippen LogP contribution in [0.25, 0.3) is 0 Å². The molecule has 1 aromatic carbocycles. The molecule has 0 saturated carbocycles. The van der Waals surface area contributed by atoms with Crippen LogP contribution >= 0.6 is 0 Å². The average molecular weight is 211 g/mol. The summed E-state index contributed by atoms with van der Waals surface area (Å²) in [6, 6.07) is 4.34. The summed E-state index contributed by atoms with van der Waals surface area (Å²) < 4.78 is 62.2. The van der Waals surface area contributed by atoms with Crippen molar-refractivity contribution >= 4 is 0 Å². The molecule has 0 amide bonds. The molecule has 0 N–H and O–H groups in total. The summed E-state index contributed by atoms with van der Waals surface area (Å²) in [5, 5.41) is 0. The van der Waals surface area contributed by atoms with E-state index in [0.29, 0.717) is 0 Å². The van der Waals surface area contributed by atoms with Gasteiger partial charge in [-0.05, 0) is 24.3 Å². The van der Waals surface area contributed by atoms with E-state index in [-0.39, 0.29) is 0 Å². The normalized spacial score (nSPS) is 11.9. The molecule has 0 unspecified atom stereocenters. The number of halogens is 5. The summed E-state index contributed by atoms with van der Waals surface area (Å²) in [6.45, 7) is 0. The van der Waals surface area contributed by atoms with Crippen LogP contribution in [0.4, 0.5) is 22.0 Å². The number of rotatable bonds is 2. The largest absolute Gasteiger partial charge is 0.573 e. The Labute approximate surface area is 76.1 Å². The molecule has 0 saturated heterocycles. The lowest BCUT2D eigenvalue weighted by atomic mass is 10.2. The minimum atomic E-state index is -4.82. The highest BCUT2D eigenvalue weighted by Crippen LogP contribution is 2.25. The van der Waals surface area contributed by atoms with E-state index in [2.05, 4.69) is 4.74 Å². The number of hydrogen-bond acceptors (Lipinski definition) is 1. The van der Waals surface area contributed by atoms with Gasteiger partial charge in [-0.3, -0.25) is 0 Å². The van der Waals surface area contributed by atoms with Gasteiger partial charge in [-0.15, -0.1) is 13.2 Å². The molecule has 77 valence electrons. The first-order chi connectivity index (χ1) is 6.38. The van der Waals surface area contributed by atoms with Crippen LogP contribution in [0, 0.1) is 6.07 Å². The van der Waals surface area contributed by atoms with E-state index < -0.39 is 24.1 Å².